The van der Waals surface area contributed by atoms with Crippen LogP contribution in [0.25, 0.3) is 0 Å². The van der Waals surface area contributed by atoms with Crippen molar-refractivity contribution in [2.45, 2.75) is 17.6 Å². The number of carbonyl (C=O) groups is 1. The maximum atomic E-state index is 12.7. The molecule has 8 heteroatoms. The fraction of sp³-hybridized carbons (Fsp3) is 0.278. The first-order valence-corrected chi connectivity index (χ1v) is 8.86. The quantitative estimate of drug-likeness (QED) is 0.796. The number of alkyl halides is 3. The van der Waals surface area contributed by atoms with Crippen molar-refractivity contribution in [2.75, 3.05) is 19.0 Å². The molecule has 4 nitrogen and oxygen atoms in total. The Balaban J connectivity index is 1.50. The molecule has 0 fully saturated rings. The fourth-order valence-corrected chi connectivity index (χ4v) is 3.13. The molecule has 0 atom stereocenters. The first-order valence-electron chi connectivity index (χ1n) is 7.87. The number of amides is 1. The van der Waals surface area contributed by atoms with Crippen molar-refractivity contribution >= 4 is 17.7 Å². The first kappa shape index (κ1) is 18.4. The maximum Gasteiger partial charge on any atom is 0.416 e. The number of hydrogen-bond donors (Lipinski definition) is 1. The van der Waals surface area contributed by atoms with Crippen molar-refractivity contribution in [1.29, 1.82) is 0 Å². The van der Waals surface area contributed by atoms with Crippen molar-refractivity contribution in [3.05, 3.63) is 53.6 Å². The summed E-state index contributed by atoms with van der Waals surface area (Å²) < 4.78 is 49.0. The molecule has 2 aromatic carbocycles. The van der Waals surface area contributed by atoms with E-state index in [1.54, 1.807) is 18.2 Å². The Morgan fingerprint density at radius 3 is 2.62 bits per heavy atom. The van der Waals surface area contributed by atoms with Gasteiger partial charge in [0.15, 0.2) is 11.5 Å². The van der Waals surface area contributed by atoms with Gasteiger partial charge in [-0.3, -0.25) is 4.79 Å². The highest BCUT2D eigenvalue weighted by molar-refractivity contribution is 8.00. The number of fused-ring (bicyclic) bond motifs is 1. The second-order valence-electron chi connectivity index (χ2n) is 5.57. The van der Waals surface area contributed by atoms with E-state index in [0.717, 1.165) is 17.0 Å². The molecule has 0 unspecified atom stereocenters. The third-order valence-corrected chi connectivity index (χ3v) is 4.62. The minimum Gasteiger partial charge on any atom is -0.486 e. The standard InChI is InChI=1S/C18H16F3NO3S/c19-18(20,21)13-3-1-2-12(8-13)10-22-17(23)11-26-14-4-5-15-16(9-14)25-7-6-24-15/h1-5,8-9H,6-7,10-11H2,(H,22,23). The van der Waals surface area contributed by atoms with Gasteiger partial charge in [-0.15, -0.1) is 11.8 Å². The predicted molar refractivity (Wildman–Crippen MR) is 91.4 cm³/mol. The highest BCUT2D eigenvalue weighted by atomic mass is 32.2. The van der Waals surface area contributed by atoms with Crippen LogP contribution in [-0.4, -0.2) is 24.9 Å². The number of thioether (sulfide) groups is 1. The summed E-state index contributed by atoms with van der Waals surface area (Å²) in [5.74, 6) is 1.21. The van der Waals surface area contributed by atoms with Crippen molar-refractivity contribution in [3.8, 4) is 11.5 Å². The largest absolute Gasteiger partial charge is 0.486 e. The summed E-state index contributed by atoms with van der Waals surface area (Å²) in [6, 6.07) is 10.3. The second-order valence-corrected chi connectivity index (χ2v) is 6.62. The molecule has 138 valence electrons. The topological polar surface area (TPSA) is 47.6 Å². The molecule has 0 saturated heterocycles. The molecule has 0 aliphatic carbocycles. The molecule has 1 amide bonds. The Morgan fingerprint density at radius 1 is 1.08 bits per heavy atom. The van der Waals surface area contributed by atoms with Gasteiger partial charge in [-0.05, 0) is 35.9 Å². The lowest BCUT2D eigenvalue weighted by Crippen LogP contribution is -2.24. The van der Waals surface area contributed by atoms with Crippen LogP contribution in [0.15, 0.2) is 47.4 Å². The number of rotatable bonds is 5. The molecule has 0 radical (unpaired) electrons. The molecule has 0 spiro atoms. The third kappa shape index (κ3) is 4.85. The van der Waals surface area contributed by atoms with Gasteiger partial charge in [-0.1, -0.05) is 12.1 Å². The minimum absolute atomic E-state index is 0.0461. The molecule has 2 aromatic rings. The van der Waals surface area contributed by atoms with Crippen molar-refractivity contribution in [2.24, 2.45) is 0 Å². The van der Waals surface area contributed by atoms with E-state index in [1.807, 2.05) is 6.07 Å². The molecule has 1 aliphatic heterocycles. The Bertz CT molecular complexity index is 795. The molecule has 3 rings (SSSR count). The fourth-order valence-electron chi connectivity index (χ4n) is 2.37. The lowest BCUT2D eigenvalue weighted by molar-refractivity contribution is -0.137. The third-order valence-electron chi connectivity index (χ3n) is 3.63. The highest BCUT2D eigenvalue weighted by Gasteiger charge is 2.30. The van der Waals surface area contributed by atoms with Gasteiger partial charge >= 0.3 is 6.18 Å². The molecule has 0 bridgehead atoms. The van der Waals surface area contributed by atoms with Gasteiger partial charge in [0.1, 0.15) is 13.2 Å². The van der Waals surface area contributed by atoms with E-state index in [2.05, 4.69) is 5.32 Å². The summed E-state index contributed by atoms with van der Waals surface area (Å²) in [6.07, 6.45) is -4.39. The second kappa shape index (κ2) is 7.90. The molecular weight excluding hydrogens is 367 g/mol. The number of ether oxygens (including phenoxy) is 2. The summed E-state index contributed by atoms with van der Waals surface area (Å²) in [7, 11) is 0. The van der Waals surface area contributed by atoms with Crippen LogP contribution in [0.5, 0.6) is 11.5 Å². The van der Waals surface area contributed by atoms with Gasteiger partial charge in [0.2, 0.25) is 5.91 Å². The Hall–Kier alpha value is -2.35. The highest BCUT2D eigenvalue weighted by Crippen LogP contribution is 2.34. The van der Waals surface area contributed by atoms with Crippen LogP contribution in [0.4, 0.5) is 13.2 Å². The summed E-state index contributed by atoms with van der Waals surface area (Å²) in [6.45, 7) is 1.04. The van der Waals surface area contributed by atoms with Gasteiger partial charge in [0, 0.05) is 11.4 Å². The van der Waals surface area contributed by atoms with Crippen LogP contribution in [0.1, 0.15) is 11.1 Å². The summed E-state index contributed by atoms with van der Waals surface area (Å²) in [5, 5.41) is 2.63. The van der Waals surface area contributed by atoms with Gasteiger partial charge in [-0.25, -0.2) is 0 Å². The number of hydrogen-bond acceptors (Lipinski definition) is 4. The number of halogens is 3. The van der Waals surface area contributed by atoms with Gasteiger partial charge in [0.25, 0.3) is 0 Å². The first-order chi connectivity index (χ1) is 12.4. The monoisotopic (exact) mass is 383 g/mol. The minimum atomic E-state index is -4.39. The van der Waals surface area contributed by atoms with E-state index < -0.39 is 11.7 Å². The molecule has 1 N–H and O–H groups in total. The number of nitrogens with one attached hydrogen (secondary N) is 1. The Labute approximate surface area is 152 Å². The normalized spacial score (nSPS) is 13.3. The van der Waals surface area contributed by atoms with Crippen LogP contribution >= 0.6 is 11.8 Å². The van der Waals surface area contributed by atoms with Gasteiger partial charge < -0.3 is 14.8 Å². The molecule has 26 heavy (non-hydrogen) atoms. The van der Waals surface area contributed by atoms with Gasteiger partial charge in [-0.2, -0.15) is 13.2 Å². The van der Waals surface area contributed by atoms with E-state index in [-0.39, 0.29) is 18.2 Å². The molecular formula is C18H16F3NO3S. The lowest BCUT2D eigenvalue weighted by Gasteiger charge is -2.18. The number of carbonyl (C=O) groups excluding carboxylic acids is 1. The van der Waals surface area contributed by atoms with E-state index in [4.69, 9.17) is 9.47 Å². The molecule has 1 aliphatic rings. The molecule has 0 saturated carbocycles. The zero-order chi connectivity index (χ0) is 18.6. The maximum absolute atomic E-state index is 12.7. The van der Waals surface area contributed by atoms with Crippen molar-refractivity contribution in [1.82, 2.24) is 5.32 Å². The molecule has 1 heterocycles. The van der Waals surface area contributed by atoms with E-state index >= 15 is 0 Å². The predicted octanol–water partition coefficient (Wildman–Crippen LogP) is 3.89. The zero-order valence-electron chi connectivity index (χ0n) is 13.6. The Morgan fingerprint density at radius 2 is 1.85 bits per heavy atom. The lowest BCUT2D eigenvalue weighted by atomic mass is 10.1. The smallest absolute Gasteiger partial charge is 0.416 e. The van der Waals surface area contributed by atoms with E-state index in [1.165, 1.54) is 17.8 Å². The summed E-state index contributed by atoms with van der Waals surface area (Å²) in [5.41, 5.74) is -0.326. The summed E-state index contributed by atoms with van der Waals surface area (Å²) >= 11 is 1.32. The van der Waals surface area contributed by atoms with Gasteiger partial charge in [0.05, 0.1) is 11.3 Å². The van der Waals surface area contributed by atoms with E-state index in [0.29, 0.717) is 30.3 Å². The van der Waals surface area contributed by atoms with Crippen LogP contribution in [-0.2, 0) is 17.5 Å². The van der Waals surface area contributed by atoms with Crippen LogP contribution in [0.2, 0.25) is 0 Å². The van der Waals surface area contributed by atoms with Crippen molar-refractivity contribution in [3.63, 3.8) is 0 Å². The average molecular weight is 383 g/mol. The average Bonchev–Trinajstić information content (AvgIpc) is 2.64. The van der Waals surface area contributed by atoms with Crippen LogP contribution < -0.4 is 14.8 Å². The SMILES string of the molecule is O=C(CSc1ccc2c(c1)OCCO2)NCc1cccc(C(F)(F)F)c1. The molecule has 0 aromatic heterocycles. The number of benzene rings is 2. The zero-order valence-corrected chi connectivity index (χ0v) is 14.5. The van der Waals surface area contributed by atoms with Crippen molar-refractivity contribution < 1.29 is 27.4 Å². The summed E-state index contributed by atoms with van der Waals surface area (Å²) in [4.78, 5) is 12.8. The van der Waals surface area contributed by atoms with Crippen LogP contribution in [0, 0.1) is 0 Å². The Kier molecular flexibility index (Phi) is 5.61. The van der Waals surface area contributed by atoms with Crippen LogP contribution in [0.3, 0.4) is 0 Å². The van der Waals surface area contributed by atoms with E-state index in [9.17, 15) is 18.0 Å².